The molecule has 3 rings (SSSR count). The van der Waals surface area contributed by atoms with Crippen molar-refractivity contribution in [3.63, 3.8) is 0 Å². The van der Waals surface area contributed by atoms with Crippen LogP contribution < -0.4 is 16.0 Å². The van der Waals surface area contributed by atoms with Crippen LogP contribution in [0.15, 0.2) is 54.6 Å². The number of carbonyl (C=O) groups is 2. The molecule has 1 saturated heterocycles. The van der Waals surface area contributed by atoms with Gasteiger partial charge in [0.15, 0.2) is 0 Å². The van der Waals surface area contributed by atoms with Gasteiger partial charge in [0.25, 0.3) is 5.91 Å². The minimum absolute atomic E-state index is 0.163. The van der Waals surface area contributed by atoms with Gasteiger partial charge in [-0.2, -0.15) is 0 Å². The summed E-state index contributed by atoms with van der Waals surface area (Å²) < 4.78 is 11.4. The van der Waals surface area contributed by atoms with E-state index in [0.29, 0.717) is 37.6 Å². The van der Waals surface area contributed by atoms with Gasteiger partial charge in [-0.15, -0.1) is 0 Å². The van der Waals surface area contributed by atoms with Gasteiger partial charge in [-0.05, 0) is 49.1 Å². The van der Waals surface area contributed by atoms with Crippen molar-refractivity contribution in [1.82, 2.24) is 10.6 Å². The summed E-state index contributed by atoms with van der Waals surface area (Å²) in [6, 6.07) is 16.2. The van der Waals surface area contributed by atoms with Gasteiger partial charge in [0, 0.05) is 30.9 Å². The molecule has 0 aromatic heterocycles. The Balaban J connectivity index is 1.33. The van der Waals surface area contributed by atoms with Gasteiger partial charge in [0.05, 0.1) is 19.3 Å². The van der Waals surface area contributed by atoms with E-state index < -0.39 is 0 Å². The summed E-state index contributed by atoms with van der Waals surface area (Å²) in [5.74, 6) is -0.163. The minimum atomic E-state index is -0.322. The third-order valence-electron chi connectivity index (χ3n) is 4.76. The molecule has 0 aliphatic carbocycles. The second kappa shape index (κ2) is 11.9. The van der Waals surface area contributed by atoms with Crippen LogP contribution >= 0.6 is 0 Å². The van der Waals surface area contributed by atoms with Crippen LogP contribution in [0.1, 0.15) is 35.2 Å². The Morgan fingerprint density at radius 3 is 2.63 bits per heavy atom. The number of anilines is 1. The molecule has 1 unspecified atom stereocenters. The Morgan fingerprint density at radius 2 is 1.83 bits per heavy atom. The predicted octanol–water partition coefficient (Wildman–Crippen LogP) is 3.32. The molecule has 1 aliphatic heterocycles. The van der Waals surface area contributed by atoms with Crippen LogP contribution in [0.25, 0.3) is 0 Å². The topological polar surface area (TPSA) is 88.7 Å². The first-order valence-corrected chi connectivity index (χ1v) is 10.4. The highest BCUT2D eigenvalue weighted by Crippen LogP contribution is 2.15. The summed E-state index contributed by atoms with van der Waals surface area (Å²) in [6.45, 7) is 2.56. The maximum atomic E-state index is 12.1. The van der Waals surface area contributed by atoms with E-state index in [1.165, 1.54) is 6.42 Å². The highest BCUT2D eigenvalue weighted by Gasteiger charge is 2.13. The molecule has 0 saturated carbocycles. The SMILES string of the molecule is O=C(NCCNC(=O)c1ccccc1)Nc1cccc(COCC2CCCCO2)c1. The molecule has 3 amide bonds. The Hall–Kier alpha value is -2.90. The number of nitrogens with one attached hydrogen (secondary N) is 3. The van der Waals surface area contributed by atoms with Crippen LogP contribution in [0.4, 0.5) is 10.5 Å². The smallest absolute Gasteiger partial charge is 0.319 e. The lowest BCUT2D eigenvalue weighted by Gasteiger charge is -2.22. The molecule has 0 bridgehead atoms. The van der Waals surface area contributed by atoms with Crippen molar-refractivity contribution in [2.45, 2.75) is 32.0 Å². The molecule has 30 heavy (non-hydrogen) atoms. The highest BCUT2D eigenvalue weighted by molar-refractivity contribution is 5.94. The van der Waals surface area contributed by atoms with E-state index >= 15 is 0 Å². The van der Waals surface area contributed by atoms with Crippen molar-refractivity contribution in [1.29, 1.82) is 0 Å². The molecule has 1 aliphatic rings. The van der Waals surface area contributed by atoms with Crippen LogP contribution in [0, 0.1) is 0 Å². The summed E-state index contributed by atoms with van der Waals surface area (Å²) in [5.41, 5.74) is 2.27. The zero-order chi connectivity index (χ0) is 21.0. The van der Waals surface area contributed by atoms with E-state index in [-0.39, 0.29) is 18.0 Å². The van der Waals surface area contributed by atoms with Crippen molar-refractivity contribution in [3.8, 4) is 0 Å². The van der Waals surface area contributed by atoms with Crippen LogP contribution in [0.2, 0.25) is 0 Å². The fraction of sp³-hybridized carbons (Fsp3) is 0.391. The van der Waals surface area contributed by atoms with E-state index in [2.05, 4.69) is 16.0 Å². The minimum Gasteiger partial charge on any atom is -0.376 e. The van der Waals surface area contributed by atoms with E-state index in [0.717, 1.165) is 25.0 Å². The first kappa shape index (κ1) is 21.8. The normalized spacial score (nSPS) is 15.9. The molecule has 1 fully saturated rings. The van der Waals surface area contributed by atoms with Crippen LogP contribution in [-0.2, 0) is 16.1 Å². The van der Waals surface area contributed by atoms with Gasteiger partial charge in [-0.25, -0.2) is 4.79 Å². The standard InChI is InChI=1S/C23H29N3O4/c27-22(19-8-2-1-3-9-19)24-12-13-25-23(28)26-20-10-6-7-18(15-20)16-29-17-21-11-4-5-14-30-21/h1-3,6-10,15,21H,4-5,11-14,16-17H2,(H,24,27)(H2,25,26,28). The second-order valence-electron chi connectivity index (χ2n) is 7.21. The monoisotopic (exact) mass is 411 g/mol. The van der Waals surface area contributed by atoms with E-state index in [4.69, 9.17) is 9.47 Å². The molecule has 0 radical (unpaired) electrons. The summed E-state index contributed by atoms with van der Waals surface area (Å²) in [5, 5.41) is 8.30. The zero-order valence-corrected chi connectivity index (χ0v) is 17.1. The molecule has 2 aromatic carbocycles. The van der Waals surface area contributed by atoms with Gasteiger partial charge >= 0.3 is 6.03 Å². The van der Waals surface area contributed by atoms with Crippen LogP contribution in [-0.4, -0.2) is 44.3 Å². The lowest BCUT2D eigenvalue weighted by molar-refractivity contribution is -0.0447. The van der Waals surface area contributed by atoms with Gasteiger partial charge in [-0.1, -0.05) is 30.3 Å². The highest BCUT2D eigenvalue weighted by atomic mass is 16.5. The van der Waals surface area contributed by atoms with E-state index in [1.807, 2.05) is 42.5 Å². The van der Waals surface area contributed by atoms with Crippen molar-refractivity contribution >= 4 is 17.6 Å². The summed E-state index contributed by atoms with van der Waals surface area (Å²) in [7, 11) is 0. The summed E-state index contributed by atoms with van der Waals surface area (Å²) in [4.78, 5) is 24.0. The number of amides is 3. The Labute approximate surface area is 177 Å². The molecule has 1 heterocycles. The Morgan fingerprint density at radius 1 is 1.00 bits per heavy atom. The number of ether oxygens (including phenoxy) is 2. The van der Waals surface area contributed by atoms with Crippen LogP contribution in [0.5, 0.6) is 0 Å². The first-order chi connectivity index (χ1) is 14.7. The molecular weight excluding hydrogens is 382 g/mol. The fourth-order valence-electron chi connectivity index (χ4n) is 3.20. The molecule has 3 N–H and O–H groups in total. The number of urea groups is 1. The molecule has 0 spiro atoms. The Kier molecular flexibility index (Phi) is 8.68. The van der Waals surface area contributed by atoms with Crippen molar-refractivity contribution < 1.29 is 19.1 Å². The quantitative estimate of drug-likeness (QED) is 0.552. The largest absolute Gasteiger partial charge is 0.376 e. The van der Waals surface area contributed by atoms with E-state index in [9.17, 15) is 9.59 Å². The lowest BCUT2D eigenvalue weighted by atomic mass is 10.1. The lowest BCUT2D eigenvalue weighted by Crippen LogP contribution is -2.36. The average molecular weight is 412 g/mol. The number of hydrogen-bond donors (Lipinski definition) is 3. The maximum Gasteiger partial charge on any atom is 0.319 e. The van der Waals surface area contributed by atoms with Crippen molar-refractivity contribution in [3.05, 3.63) is 65.7 Å². The van der Waals surface area contributed by atoms with Crippen molar-refractivity contribution in [2.75, 3.05) is 31.6 Å². The molecule has 2 aromatic rings. The van der Waals surface area contributed by atoms with Gasteiger partial charge in [-0.3, -0.25) is 4.79 Å². The molecule has 7 heteroatoms. The number of hydrogen-bond acceptors (Lipinski definition) is 4. The third-order valence-corrected chi connectivity index (χ3v) is 4.76. The second-order valence-corrected chi connectivity index (χ2v) is 7.21. The van der Waals surface area contributed by atoms with Crippen LogP contribution in [0.3, 0.4) is 0 Å². The molecule has 7 nitrogen and oxygen atoms in total. The number of benzene rings is 2. The molecule has 1 atom stereocenters. The zero-order valence-electron chi connectivity index (χ0n) is 17.1. The van der Waals surface area contributed by atoms with Crippen molar-refractivity contribution in [2.24, 2.45) is 0 Å². The summed E-state index contributed by atoms with van der Waals surface area (Å²) in [6.07, 6.45) is 3.56. The summed E-state index contributed by atoms with van der Waals surface area (Å²) >= 11 is 0. The van der Waals surface area contributed by atoms with Gasteiger partial charge in [0.1, 0.15) is 0 Å². The number of rotatable bonds is 9. The first-order valence-electron chi connectivity index (χ1n) is 10.4. The predicted molar refractivity (Wildman–Crippen MR) is 115 cm³/mol. The average Bonchev–Trinajstić information content (AvgIpc) is 2.78. The fourth-order valence-corrected chi connectivity index (χ4v) is 3.20. The molecule has 160 valence electrons. The maximum absolute atomic E-state index is 12.1. The Bertz CT molecular complexity index is 807. The number of carbonyl (C=O) groups excluding carboxylic acids is 2. The van der Waals surface area contributed by atoms with Gasteiger partial charge in [0.2, 0.25) is 0 Å². The van der Waals surface area contributed by atoms with Gasteiger partial charge < -0.3 is 25.4 Å². The molecular formula is C23H29N3O4. The van der Waals surface area contributed by atoms with E-state index in [1.54, 1.807) is 12.1 Å². The third kappa shape index (κ3) is 7.50.